The molecule has 0 atom stereocenters. The van der Waals surface area contributed by atoms with Gasteiger partial charge in [-0.15, -0.1) is 23.5 Å². The lowest BCUT2D eigenvalue weighted by atomic mass is 10.1. The van der Waals surface area contributed by atoms with Crippen LogP contribution in [0.2, 0.25) is 0 Å². The van der Waals surface area contributed by atoms with E-state index in [-0.39, 0.29) is 5.78 Å². The Morgan fingerprint density at radius 3 is 2.19 bits per heavy atom. The molecule has 0 bridgehead atoms. The predicted octanol–water partition coefficient (Wildman–Crippen LogP) is 4.00. The Morgan fingerprint density at radius 1 is 1.19 bits per heavy atom. The quantitative estimate of drug-likeness (QED) is 0.582. The van der Waals surface area contributed by atoms with Gasteiger partial charge in [-0.2, -0.15) is 0 Å². The third kappa shape index (κ3) is 3.72. The summed E-state index contributed by atoms with van der Waals surface area (Å²) >= 11 is 3.21. The average Bonchev–Trinajstić information content (AvgIpc) is 2.35. The molecule has 0 radical (unpaired) electrons. The van der Waals surface area contributed by atoms with Gasteiger partial charge in [-0.1, -0.05) is 31.2 Å². The molecule has 1 rings (SSSR count). The number of ketones is 1. The number of aryl methyl sites for hydroxylation is 1. The van der Waals surface area contributed by atoms with Gasteiger partial charge in [0.05, 0.1) is 0 Å². The van der Waals surface area contributed by atoms with Crippen LogP contribution in [0.4, 0.5) is 0 Å². The lowest BCUT2D eigenvalue weighted by molar-refractivity contribution is 0.104. The van der Waals surface area contributed by atoms with E-state index in [2.05, 4.69) is 6.92 Å². The van der Waals surface area contributed by atoms with Crippen molar-refractivity contribution in [2.45, 2.75) is 13.3 Å². The first-order valence-corrected chi connectivity index (χ1v) is 7.59. The molecule has 0 fully saturated rings. The Labute approximate surface area is 106 Å². The summed E-state index contributed by atoms with van der Waals surface area (Å²) in [6.45, 7) is 2.11. The molecule has 0 unspecified atom stereocenters. The molecule has 0 aliphatic carbocycles. The van der Waals surface area contributed by atoms with E-state index in [0.29, 0.717) is 0 Å². The molecule has 0 aliphatic rings. The first-order chi connectivity index (χ1) is 7.71. The van der Waals surface area contributed by atoms with Crippen molar-refractivity contribution in [3.05, 3.63) is 45.7 Å². The number of rotatable bonds is 5. The fourth-order valence-electron chi connectivity index (χ4n) is 1.30. The fraction of sp³-hybridized carbons (Fsp3) is 0.308. The number of hydrogen-bond acceptors (Lipinski definition) is 3. The van der Waals surface area contributed by atoms with E-state index in [1.54, 1.807) is 29.6 Å². The van der Waals surface area contributed by atoms with Crippen LogP contribution in [0.1, 0.15) is 22.8 Å². The zero-order valence-corrected chi connectivity index (χ0v) is 11.5. The summed E-state index contributed by atoms with van der Waals surface area (Å²) in [7, 11) is 0. The van der Waals surface area contributed by atoms with E-state index in [4.69, 9.17) is 0 Å². The zero-order chi connectivity index (χ0) is 12.0. The molecule has 0 aromatic heterocycles. The van der Waals surface area contributed by atoms with Crippen LogP contribution in [0.25, 0.3) is 0 Å². The minimum Gasteiger partial charge on any atom is -0.289 e. The van der Waals surface area contributed by atoms with Crippen LogP contribution in [0.15, 0.2) is 34.6 Å². The first kappa shape index (κ1) is 13.4. The fourth-order valence-corrected chi connectivity index (χ4v) is 2.41. The van der Waals surface area contributed by atoms with Crippen LogP contribution in [-0.2, 0) is 6.42 Å². The lowest BCUT2D eigenvalue weighted by Crippen LogP contribution is -1.95. The van der Waals surface area contributed by atoms with Gasteiger partial charge in [-0.25, -0.2) is 0 Å². The third-order valence-electron chi connectivity index (χ3n) is 2.30. The standard InChI is InChI=1S/C13H16OS2/c1-4-10-5-7-11(8-6-10)12(14)9-13(15-2)16-3/h5-9H,4H2,1-3H3. The lowest BCUT2D eigenvalue weighted by Gasteiger charge is -2.01. The largest absolute Gasteiger partial charge is 0.289 e. The normalized spacial score (nSPS) is 9.94. The highest BCUT2D eigenvalue weighted by Crippen LogP contribution is 2.23. The highest BCUT2D eigenvalue weighted by Gasteiger charge is 2.04. The monoisotopic (exact) mass is 252 g/mol. The summed E-state index contributed by atoms with van der Waals surface area (Å²) in [6.07, 6.45) is 6.67. The zero-order valence-electron chi connectivity index (χ0n) is 9.82. The van der Waals surface area contributed by atoms with Crippen LogP contribution in [0.3, 0.4) is 0 Å². The number of thioether (sulfide) groups is 2. The van der Waals surface area contributed by atoms with Gasteiger partial charge in [0, 0.05) is 15.9 Å². The highest BCUT2D eigenvalue weighted by molar-refractivity contribution is 8.21. The van der Waals surface area contributed by atoms with Crippen LogP contribution < -0.4 is 0 Å². The SMILES string of the molecule is CCc1ccc(C(=O)C=C(SC)SC)cc1. The molecule has 86 valence electrons. The van der Waals surface area contributed by atoms with Crippen LogP contribution in [0, 0.1) is 0 Å². The molecule has 0 amide bonds. The Kier molecular flexibility index (Phi) is 5.71. The molecule has 16 heavy (non-hydrogen) atoms. The summed E-state index contributed by atoms with van der Waals surface area (Å²) in [5.74, 6) is 0.0846. The molecule has 1 aromatic carbocycles. The topological polar surface area (TPSA) is 17.1 Å². The molecular weight excluding hydrogens is 236 g/mol. The molecule has 0 N–H and O–H groups in total. The summed E-state index contributed by atoms with van der Waals surface area (Å²) in [4.78, 5) is 11.9. The van der Waals surface area contributed by atoms with Crippen molar-refractivity contribution in [2.24, 2.45) is 0 Å². The van der Waals surface area contributed by atoms with Crippen molar-refractivity contribution in [3.8, 4) is 0 Å². The predicted molar refractivity (Wildman–Crippen MR) is 75.3 cm³/mol. The van der Waals surface area contributed by atoms with E-state index in [1.807, 2.05) is 36.8 Å². The van der Waals surface area contributed by atoms with Crippen LogP contribution in [-0.4, -0.2) is 18.3 Å². The first-order valence-electron chi connectivity index (χ1n) is 5.14. The molecule has 3 heteroatoms. The van der Waals surface area contributed by atoms with Gasteiger partial charge in [0.1, 0.15) is 0 Å². The molecular formula is C13H16OS2. The van der Waals surface area contributed by atoms with E-state index < -0.39 is 0 Å². The van der Waals surface area contributed by atoms with Crippen molar-refractivity contribution in [1.82, 2.24) is 0 Å². The van der Waals surface area contributed by atoms with Gasteiger partial charge in [0.15, 0.2) is 5.78 Å². The second-order valence-corrected chi connectivity index (χ2v) is 5.24. The Morgan fingerprint density at radius 2 is 1.75 bits per heavy atom. The number of benzene rings is 1. The van der Waals surface area contributed by atoms with Gasteiger partial charge in [0.25, 0.3) is 0 Å². The molecule has 0 saturated heterocycles. The van der Waals surface area contributed by atoms with Gasteiger partial charge < -0.3 is 0 Å². The molecule has 0 spiro atoms. The van der Waals surface area contributed by atoms with E-state index in [1.165, 1.54) is 5.56 Å². The van der Waals surface area contributed by atoms with Gasteiger partial charge >= 0.3 is 0 Å². The highest BCUT2D eigenvalue weighted by atomic mass is 32.2. The van der Waals surface area contributed by atoms with Crippen molar-refractivity contribution >= 4 is 29.3 Å². The van der Waals surface area contributed by atoms with Crippen molar-refractivity contribution in [2.75, 3.05) is 12.5 Å². The van der Waals surface area contributed by atoms with Gasteiger partial charge in [0.2, 0.25) is 0 Å². The third-order valence-corrected chi connectivity index (χ3v) is 4.34. The van der Waals surface area contributed by atoms with Crippen molar-refractivity contribution in [3.63, 3.8) is 0 Å². The minimum absolute atomic E-state index is 0.0846. The van der Waals surface area contributed by atoms with E-state index in [0.717, 1.165) is 16.2 Å². The second kappa shape index (κ2) is 6.81. The van der Waals surface area contributed by atoms with Crippen molar-refractivity contribution in [1.29, 1.82) is 0 Å². The average molecular weight is 252 g/mol. The maximum Gasteiger partial charge on any atom is 0.187 e. The number of hydrogen-bond donors (Lipinski definition) is 0. The van der Waals surface area contributed by atoms with Crippen molar-refractivity contribution < 1.29 is 4.79 Å². The summed E-state index contributed by atoms with van der Waals surface area (Å²) in [5.41, 5.74) is 2.02. The van der Waals surface area contributed by atoms with Crippen LogP contribution in [0.5, 0.6) is 0 Å². The Balaban J connectivity index is 2.84. The minimum atomic E-state index is 0.0846. The second-order valence-electron chi connectivity index (χ2n) is 3.29. The van der Waals surface area contributed by atoms with Crippen LogP contribution >= 0.6 is 23.5 Å². The summed E-state index contributed by atoms with van der Waals surface area (Å²) in [6, 6.07) is 7.82. The van der Waals surface area contributed by atoms with E-state index in [9.17, 15) is 4.79 Å². The van der Waals surface area contributed by atoms with Gasteiger partial charge in [-0.3, -0.25) is 4.79 Å². The van der Waals surface area contributed by atoms with Gasteiger partial charge in [-0.05, 0) is 24.5 Å². The molecule has 1 nitrogen and oxygen atoms in total. The Bertz CT molecular complexity index is 373. The summed E-state index contributed by atoms with van der Waals surface area (Å²) < 4.78 is 1.05. The maximum absolute atomic E-state index is 11.9. The Hall–Kier alpha value is -0.670. The molecule has 1 aromatic rings. The molecule has 0 saturated carbocycles. The maximum atomic E-state index is 11.9. The smallest absolute Gasteiger partial charge is 0.187 e. The molecule has 0 heterocycles. The number of carbonyl (C=O) groups excluding carboxylic acids is 1. The van der Waals surface area contributed by atoms with E-state index >= 15 is 0 Å². The number of allylic oxidation sites excluding steroid dienone is 1. The number of carbonyl (C=O) groups is 1. The summed E-state index contributed by atoms with van der Waals surface area (Å²) in [5, 5.41) is 0. The molecule has 0 aliphatic heterocycles.